The van der Waals surface area contributed by atoms with E-state index in [1.807, 2.05) is 21.5 Å². The Bertz CT molecular complexity index is 811. The Morgan fingerprint density at radius 1 is 1.42 bits per heavy atom. The average Bonchev–Trinajstić information content (AvgIpc) is 3.29. The van der Waals surface area contributed by atoms with Crippen molar-refractivity contribution in [3.8, 4) is 0 Å². The molecule has 1 N–H and O–H groups in total. The zero-order valence-electron chi connectivity index (χ0n) is 13.7. The molecule has 126 valence electrons. The molecule has 8 heteroatoms. The molecule has 24 heavy (non-hydrogen) atoms. The Morgan fingerprint density at radius 3 is 3.25 bits per heavy atom. The SMILES string of the molecule is CCn1cc([C@@H]2OCCC[C@H]2CNc2nccn3cnnc23)cn1. The number of aryl methyl sites for hydroxylation is 1. The van der Waals surface area contributed by atoms with Crippen LogP contribution >= 0.6 is 0 Å². The zero-order chi connectivity index (χ0) is 16.4. The summed E-state index contributed by atoms with van der Waals surface area (Å²) in [5.41, 5.74) is 1.89. The van der Waals surface area contributed by atoms with E-state index in [1.54, 1.807) is 12.5 Å². The Hall–Kier alpha value is -2.48. The Kier molecular flexibility index (Phi) is 4.12. The lowest BCUT2D eigenvalue weighted by Crippen LogP contribution is -2.28. The summed E-state index contributed by atoms with van der Waals surface area (Å²) in [5.74, 6) is 1.13. The van der Waals surface area contributed by atoms with Gasteiger partial charge in [-0.05, 0) is 19.8 Å². The van der Waals surface area contributed by atoms with E-state index in [-0.39, 0.29) is 6.10 Å². The van der Waals surface area contributed by atoms with Gasteiger partial charge in [-0.2, -0.15) is 5.10 Å². The third-order valence-electron chi connectivity index (χ3n) is 4.50. The molecule has 4 rings (SSSR count). The van der Waals surface area contributed by atoms with E-state index >= 15 is 0 Å². The average molecular weight is 327 g/mol. The highest BCUT2D eigenvalue weighted by atomic mass is 16.5. The molecule has 3 aromatic rings. The molecule has 0 radical (unpaired) electrons. The molecule has 0 aliphatic carbocycles. The molecule has 4 heterocycles. The van der Waals surface area contributed by atoms with Crippen LogP contribution in [0.3, 0.4) is 0 Å². The van der Waals surface area contributed by atoms with Crippen LogP contribution in [0.5, 0.6) is 0 Å². The Morgan fingerprint density at radius 2 is 2.38 bits per heavy atom. The molecule has 0 saturated carbocycles. The van der Waals surface area contributed by atoms with Gasteiger partial charge >= 0.3 is 0 Å². The molecule has 8 nitrogen and oxygen atoms in total. The Labute approximate surface area is 139 Å². The molecule has 1 aliphatic rings. The maximum Gasteiger partial charge on any atom is 0.203 e. The van der Waals surface area contributed by atoms with Gasteiger partial charge < -0.3 is 10.1 Å². The first-order valence-electron chi connectivity index (χ1n) is 8.37. The summed E-state index contributed by atoms with van der Waals surface area (Å²) in [6, 6.07) is 0. The predicted octanol–water partition coefficient (Wildman–Crippen LogP) is 1.92. The minimum absolute atomic E-state index is 0.0733. The van der Waals surface area contributed by atoms with E-state index in [1.165, 1.54) is 0 Å². The molecular weight excluding hydrogens is 306 g/mol. The van der Waals surface area contributed by atoms with Crippen LogP contribution in [0.2, 0.25) is 0 Å². The molecule has 2 atom stereocenters. The highest BCUT2D eigenvalue weighted by molar-refractivity contribution is 5.61. The highest BCUT2D eigenvalue weighted by Crippen LogP contribution is 2.33. The normalized spacial score (nSPS) is 21.2. The minimum atomic E-state index is 0.0733. The molecule has 0 unspecified atom stereocenters. The van der Waals surface area contributed by atoms with Crippen LogP contribution in [0, 0.1) is 5.92 Å². The van der Waals surface area contributed by atoms with Crippen molar-refractivity contribution in [2.24, 2.45) is 5.92 Å². The molecule has 0 bridgehead atoms. The van der Waals surface area contributed by atoms with Crippen LogP contribution in [0.25, 0.3) is 5.65 Å². The van der Waals surface area contributed by atoms with Gasteiger partial charge in [0.25, 0.3) is 0 Å². The Balaban J connectivity index is 1.50. The fraction of sp³-hybridized carbons (Fsp3) is 0.500. The van der Waals surface area contributed by atoms with Crippen LogP contribution < -0.4 is 5.32 Å². The first kappa shape index (κ1) is 15.1. The molecule has 1 aliphatic heterocycles. The van der Waals surface area contributed by atoms with Gasteiger partial charge in [0.1, 0.15) is 6.33 Å². The number of anilines is 1. The van der Waals surface area contributed by atoms with Crippen LogP contribution in [-0.2, 0) is 11.3 Å². The molecule has 1 saturated heterocycles. The lowest BCUT2D eigenvalue weighted by Gasteiger charge is -2.31. The number of ether oxygens (including phenoxy) is 1. The monoisotopic (exact) mass is 327 g/mol. The predicted molar refractivity (Wildman–Crippen MR) is 88.6 cm³/mol. The fourth-order valence-electron chi connectivity index (χ4n) is 3.23. The van der Waals surface area contributed by atoms with Crippen molar-refractivity contribution in [1.82, 2.24) is 29.4 Å². The van der Waals surface area contributed by atoms with Crippen LogP contribution in [-0.4, -0.2) is 42.5 Å². The number of nitrogens with one attached hydrogen (secondary N) is 1. The van der Waals surface area contributed by atoms with Crippen molar-refractivity contribution >= 4 is 11.5 Å². The summed E-state index contributed by atoms with van der Waals surface area (Å²) in [6.07, 6.45) is 11.5. The highest BCUT2D eigenvalue weighted by Gasteiger charge is 2.28. The van der Waals surface area contributed by atoms with Gasteiger partial charge in [-0.25, -0.2) is 4.98 Å². The first-order valence-corrected chi connectivity index (χ1v) is 8.37. The zero-order valence-corrected chi connectivity index (χ0v) is 13.7. The van der Waals surface area contributed by atoms with E-state index in [0.29, 0.717) is 5.92 Å². The number of rotatable bonds is 5. The number of hydrogen-bond donors (Lipinski definition) is 1. The van der Waals surface area contributed by atoms with Crippen LogP contribution in [0.4, 0.5) is 5.82 Å². The molecular formula is C16H21N7O. The molecule has 0 spiro atoms. The van der Waals surface area contributed by atoms with E-state index in [2.05, 4.69) is 38.7 Å². The summed E-state index contributed by atoms with van der Waals surface area (Å²) in [5, 5.41) is 15.8. The summed E-state index contributed by atoms with van der Waals surface area (Å²) < 4.78 is 9.85. The van der Waals surface area contributed by atoms with Gasteiger partial charge in [-0.1, -0.05) is 0 Å². The third-order valence-corrected chi connectivity index (χ3v) is 4.50. The number of aromatic nitrogens is 6. The summed E-state index contributed by atoms with van der Waals surface area (Å²) in [6.45, 7) is 4.54. The number of hydrogen-bond acceptors (Lipinski definition) is 6. The summed E-state index contributed by atoms with van der Waals surface area (Å²) in [4.78, 5) is 4.39. The van der Waals surface area contributed by atoms with Crippen molar-refractivity contribution in [1.29, 1.82) is 0 Å². The van der Waals surface area contributed by atoms with E-state index in [4.69, 9.17) is 4.74 Å². The topological polar surface area (TPSA) is 82.2 Å². The van der Waals surface area contributed by atoms with Crippen molar-refractivity contribution in [3.63, 3.8) is 0 Å². The molecule has 1 fully saturated rings. The third kappa shape index (κ3) is 2.84. The lowest BCUT2D eigenvalue weighted by molar-refractivity contribution is -0.0239. The first-order chi connectivity index (χ1) is 11.8. The second-order valence-electron chi connectivity index (χ2n) is 6.04. The van der Waals surface area contributed by atoms with Crippen molar-refractivity contribution < 1.29 is 4.74 Å². The second-order valence-corrected chi connectivity index (χ2v) is 6.04. The smallest absolute Gasteiger partial charge is 0.203 e. The summed E-state index contributed by atoms with van der Waals surface area (Å²) >= 11 is 0. The number of nitrogens with zero attached hydrogens (tertiary/aromatic N) is 6. The molecule has 3 aromatic heterocycles. The van der Waals surface area contributed by atoms with Crippen LogP contribution in [0.1, 0.15) is 31.4 Å². The standard InChI is InChI=1S/C16H21N7O/c1-2-23-10-13(9-20-23)14-12(4-3-7-24-14)8-18-15-16-21-19-11-22(16)6-5-17-15/h5-6,9-12,14H,2-4,7-8H2,1H3,(H,17,18)/t12-,14+/m0/s1. The van der Waals surface area contributed by atoms with E-state index < -0.39 is 0 Å². The van der Waals surface area contributed by atoms with Gasteiger partial charge in [-0.15, -0.1) is 10.2 Å². The fourth-order valence-corrected chi connectivity index (χ4v) is 3.23. The van der Waals surface area contributed by atoms with Gasteiger partial charge in [0.15, 0.2) is 5.82 Å². The van der Waals surface area contributed by atoms with E-state index in [9.17, 15) is 0 Å². The largest absolute Gasteiger partial charge is 0.373 e. The second kappa shape index (κ2) is 6.56. The number of fused-ring (bicyclic) bond motifs is 1. The van der Waals surface area contributed by atoms with Gasteiger partial charge in [-0.3, -0.25) is 9.08 Å². The lowest BCUT2D eigenvalue weighted by atomic mass is 9.91. The van der Waals surface area contributed by atoms with Crippen molar-refractivity contribution in [2.75, 3.05) is 18.5 Å². The minimum Gasteiger partial charge on any atom is -0.373 e. The van der Waals surface area contributed by atoms with Gasteiger partial charge in [0, 0.05) is 49.8 Å². The van der Waals surface area contributed by atoms with Crippen LogP contribution in [0.15, 0.2) is 31.1 Å². The maximum absolute atomic E-state index is 6.05. The van der Waals surface area contributed by atoms with Crippen molar-refractivity contribution in [2.45, 2.75) is 32.4 Å². The van der Waals surface area contributed by atoms with Gasteiger partial charge in [0.2, 0.25) is 5.65 Å². The molecule has 0 amide bonds. The quantitative estimate of drug-likeness (QED) is 0.771. The van der Waals surface area contributed by atoms with Gasteiger partial charge in [0.05, 0.1) is 12.3 Å². The maximum atomic E-state index is 6.05. The van der Waals surface area contributed by atoms with E-state index in [0.717, 1.165) is 49.6 Å². The molecule has 0 aromatic carbocycles. The summed E-state index contributed by atoms with van der Waals surface area (Å²) in [7, 11) is 0. The van der Waals surface area contributed by atoms with Crippen molar-refractivity contribution in [3.05, 3.63) is 36.7 Å².